The molecule has 0 aliphatic heterocycles. The molecule has 0 atom stereocenters. The Bertz CT molecular complexity index is 651. The van der Waals surface area contributed by atoms with Crippen molar-refractivity contribution >= 4 is 17.3 Å². The van der Waals surface area contributed by atoms with Crippen LogP contribution in [0.3, 0.4) is 0 Å². The number of carbonyl (C=O) groups is 1. The quantitative estimate of drug-likeness (QED) is 0.858. The first-order valence-electron chi connectivity index (χ1n) is 7.50. The summed E-state index contributed by atoms with van der Waals surface area (Å²) >= 11 is 0. The van der Waals surface area contributed by atoms with Crippen molar-refractivity contribution in [2.24, 2.45) is 0 Å². The number of ether oxygens (including phenoxy) is 1. The number of amides is 1. The average Bonchev–Trinajstić information content (AvgIpc) is 3.34. The molecule has 22 heavy (non-hydrogen) atoms. The van der Waals surface area contributed by atoms with Gasteiger partial charge in [0.05, 0.1) is 17.9 Å². The van der Waals surface area contributed by atoms with Gasteiger partial charge in [-0.25, -0.2) is 0 Å². The maximum Gasteiger partial charge on any atom is 0.257 e. The molecule has 0 spiro atoms. The lowest BCUT2D eigenvalue weighted by atomic mass is 10.2. The first-order valence-corrected chi connectivity index (χ1v) is 7.50. The van der Waals surface area contributed by atoms with Gasteiger partial charge in [-0.2, -0.15) is 0 Å². The number of hydrogen-bond acceptors (Lipinski definition) is 4. The second-order valence-electron chi connectivity index (χ2n) is 5.29. The molecule has 3 rings (SSSR count). The minimum Gasteiger partial charge on any atom is -0.494 e. The van der Waals surface area contributed by atoms with Crippen LogP contribution < -0.4 is 15.4 Å². The molecular weight excluding hydrogens is 278 g/mol. The summed E-state index contributed by atoms with van der Waals surface area (Å²) in [5.74, 6) is 0.619. The Hall–Kier alpha value is -2.56. The summed E-state index contributed by atoms with van der Waals surface area (Å²) in [6.07, 6.45) is 5.68. The third kappa shape index (κ3) is 3.75. The Morgan fingerprint density at radius 3 is 2.68 bits per heavy atom. The molecule has 1 aliphatic rings. The monoisotopic (exact) mass is 297 g/mol. The Morgan fingerprint density at radius 2 is 2.00 bits per heavy atom. The number of hydrogen-bond donors (Lipinski definition) is 2. The lowest BCUT2D eigenvalue weighted by Crippen LogP contribution is -2.13. The molecule has 114 valence electrons. The van der Waals surface area contributed by atoms with Crippen LogP contribution in [0.1, 0.15) is 30.1 Å². The summed E-state index contributed by atoms with van der Waals surface area (Å²) < 4.78 is 5.38. The minimum absolute atomic E-state index is 0.170. The maximum atomic E-state index is 12.3. The third-order valence-corrected chi connectivity index (χ3v) is 3.37. The molecule has 0 unspecified atom stereocenters. The van der Waals surface area contributed by atoms with Crippen molar-refractivity contribution in [1.29, 1.82) is 0 Å². The van der Waals surface area contributed by atoms with Crippen LogP contribution >= 0.6 is 0 Å². The summed E-state index contributed by atoms with van der Waals surface area (Å²) in [6, 6.07) is 9.68. The number of pyridine rings is 1. The molecule has 1 heterocycles. The number of nitrogens with one attached hydrogen (secondary N) is 2. The SMILES string of the molecule is CCOc1ccc(NC(=O)c2cncc(NC3CC3)c2)cc1. The zero-order chi connectivity index (χ0) is 15.4. The molecule has 1 aromatic heterocycles. The number of nitrogens with zero attached hydrogens (tertiary/aromatic N) is 1. The Balaban J connectivity index is 1.65. The van der Waals surface area contributed by atoms with Gasteiger partial charge in [-0.1, -0.05) is 0 Å². The van der Waals surface area contributed by atoms with Gasteiger partial charge in [-0.3, -0.25) is 9.78 Å². The zero-order valence-electron chi connectivity index (χ0n) is 12.5. The molecule has 1 amide bonds. The van der Waals surface area contributed by atoms with E-state index in [1.165, 1.54) is 12.8 Å². The predicted octanol–water partition coefficient (Wildman–Crippen LogP) is 3.31. The van der Waals surface area contributed by atoms with Crippen LogP contribution in [0.25, 0.3) is 0 Å². The number of anilines is 2. The van der Waals surface area contributed by atoms with Crippen LogP contribution in [-0.4, -0.2) is 23.5 Å². The first kappa shape index (κ1) is 14.4. The van der Waals surface area contributed by atoms with E-state index in [2.05, 4.69) is 15.6 Å². The highest BCUT2D eigenvalue weighted by Crippen LogP contribution is 2.24. The molecule has 2 aromatic rings. The van der Waals surface area contributed by atoms with Crippen LogP contribution in [0.2, 0.25) is 0 Å². The normalized spacial score (nSPS) is 13.5. The van der Waals surface area contributed by atoms with E-state index in [0.29, 0.717) is 18.2 Å². The van der Waals surface area contributed by atoms with Gasteiger partial charge in [0.25, 0.3) is 5.91 Å². The minimum atomic E-state index is -0.170. The van der Waals surface area contributed by atoms with Crippen LogP contribution in [0.15, 0.2) is 42.7 Å². The van der Waals surface area contributed by atoms with Crippen molar-refractivity contribution in [1.82, 2.24) is 4.98 Å². The van der Waals surface area contributed by atoms with E-state index in [1.807, 2.05) is 37.3 Å². The number of carbonyl (C=O) groups excluding carboxylic acids is 1. The Labute approximate surface area is 129 Å². The van der Waals surface area contributed by atoms with E-state index in [4.69, 9.17) is 4.74 Å². The van der Waals surface area contributed by atoms with Gasteiger partial charge in [-0.15, -0.1) is 0 Å². The molecule has 1 saturated carbocycles. The van der Waals surface area contributed by atoms with E-state index in [0.717, 1.165) is 17.1 Å². The fourth-order valence-electron chi connectivity index (χ4n) is 2.11. The molecule has 5 nitrogen and oxygen atoms in total. The smallest absolute Gasteiger partial charge is 0.257 e. The van der Waals surface area contributed by atoms with Crippen molar-refractivity contribution in [3.8, 4) is 5.75 Å². The fourth-order valence-corrected chi connectivity index (χ4v) is 2.11. The highest BCUT2D eigenvalue weighted by molar-refractivity contribution is 6.04. The van der Waals surface area contributed by atoms with Crippen molar-refractivity contribution in [2.75, 3.05) is 17.2 Å². The highest BCUT2D eigenvalue weighted by Gasteiger charge is 2.21. The maximum absolute atomic E-state index is 12.3. The lowest BCUT2D eigenvalue weighted by molar-refractivity contribution is 0.102. The number of aromatic nitrogens is 1. The molecular formula is C17H19N3O2. The summed E-state index contributed by atoms with van der Waals surface area (Å²) in [5, 5.41) is 6.20. The van der Waals surface area contributed by atoms with E-state index >= 15 is 0 Å². The Morgan fingerprint density at radius 1 is 1.23 bits per heavy atom. The molecule has 5 heteroatoms. The van der Waals surface area contributed by atoms with Crippen LogP contribution in [-0.2, 0) is 0 Å². The predicted molar refractivity (Wildman–Crippen MR) is 86.4 cm³/mol. The second-order valence-corrected chi connectivity index (χ2v) is 5.29. The van der Waals surface area contributed by atoms with Crippen molar-refractivity contribution in [3.63, 3.8) is 0 Å². The standard InChI is InChI=1S/C17H19N3O2/c1-2-22-16-7-5-14(6-8-16)20-17(21)12-9-15(11-18-10-12)19-13-3-4-13/h5-11,13,19H,2-4H2,1H3,(H,20,21). The molecule has 0 bridgehead atoms. The summed E-state index contributed by atoms with van der Waals surface area (Å²) in [7, 11) is 0. The van der Waals surface area contributed by atoms with Gasteiger partial charge in [0.2, 0.25) is 0 Å². The molecule has 1 aliphatic carbocycles. The van der Waals surface area contributed by atoms with E-state index < -0.39 is 0 Å². The van der Waals surface area contributed by atoms with Crippen molar-refractivity contribution in [3.05, 3.63) is 48.3 Å². The fraction of sp³-hybridized carbons (Fsp3) is 0.294. The van der Waals surface area contributed by atoms with Gasteiger partial charge < -0.3 is 15.4 Å². The van der Waals surface area contributed by atoms with Gasteiger partial charge in [-0.05, 0) is 50.1 Å². The van der Waals surface area contributed by atoms with Crippen molar-refractivity contribution < 1.29 is 9.53 Å². The van der Waals surface area contributed by atoms with Gasteiger partial charge in [0.1, 0.15) is 5.75 Å². The molecule has 1 fully saturated rings. The molecule has 0 saturated heterocycles. The topological polar surface area (TPSA) is 63.2 Å². The second kappa shape index (κ2) is 6.47. The number of benzene rings is 1. The lowest BCUT2D eigenvalue weighted by Gasteiger charge is -2.08. The summed E-state index contributed by atoms with van der Waals surface area (Å²) in [4.78, 5) is 16.4. The van der Waals surface area contributed by atoms with Gasteiger partial charge in [0.15, 0.2) is 0 Å². The molecule has 2 N–H and O–H groups in total. The van der Waals surface area contributed by atoms with E-state index in [1.54, 1.807) is 12.4 Å². The summed E-state index contributed by atoms with van der Waals surface area (Å²) in [6.45, 7) is 2.56. The van der Waals surface area contributed by atoms with Crippen LogP contribution in [0.4, 0.5) is 11.4 Å². The largest absolute Gasteiger partial charge is 0.494 e. The Kier molecular flexibility index (Phi) is 4.23. The van der Waals surface area contributed by atoms with E-state index in [-0.39, 0.29) is 5.91 Å². The van der Waals surface area contributed by atoms with Gasteiger partial charge >= 0.3 is 0 Å². The molecule has 1 aromatic carbocycles. The molecule has 0 radical (unpaired) electrons. The average molecular weight is 297 g/mol. The van der Waals surface area contributed by atoms with Crippen LogP contribution in [0, 0.1) is 0 Å². The van der Waals surface area contributed by atoms with Crippen LogP contribution in [0.5, 0.6) is 5.75 Å². The first-order chi connectivity index (χ1) is 10.7. The third-order valence-electron chi connectivity index (χ3n) is 3.37. The summed E-state index contributed by atoms with van der Waals surface area (Å²) in [5.41, 5.74) is 2.16. The number of rotatable bonds is 6. The van der Waals surface area contributed by atoms with Crippen molar-refractivity contribution in [2.45, 2.75) is 25.8 Å². The zero-order valence-corrected chi connectivity index (χ0v) is 12.5. The van der Waals surface area contributed by atoms with E-state index in [9.17, 15) is 4.79 Å². The highest BCUT2D eigenvalue weighted by atomic mass is 16.5. The van der Waals surface area contributed by atoms with Gasteiger partial charge in [0, 0.05) is 24.1 Å².